The van der Waals surface area contributed by atoms with Crippen LogP contribution < -0.4 is 0 Å². The number of benzene rings is 1. The third-order valence-electron chi connectivity index (χ3n) is 3.51. The Morgan fingerprint density at radius 2 is 2.05 bits per heavy atom. The van der Waals surface area contributed by atoms with Crippen LogP contribution in [0.15, 0.2) is 30.3 Å². The van der Waals surface area contributed by atoms with E-state index in [1.165, 1.54) is 0 Å². The molecule has 2 rings (SSSR count). The van der Waals surface area contributed by atoms with Gasteiger partial charge in [-0.05, 0) is 18.4 Å². The van der Waals surface area contributed by atoms with E-state index in [1.807, 2.05) is 37.3 Å². The Labute approximate surface area is 114 Å². The van der Waals surface area contributed by atoms with Crippen LogP contribution in [0, 0.1) is 11.8 Å². The number of carbonyl (C=O) groups excluding carboxylic acids is 2. The van der Waals surface area contributed by atoms with E-state index in [-0.39, 0.29) is 23.6 Å². The number of ketones is 1. The zero-order valence-electron chi connectivity index (χ0n) is 11.3. The Hall–Kier alpha value is -1.64. The summed E-state index contributed by atoms with van der Waals surface area (Å²) in [6, 6.07) is 9.66. The molecule has 0 amide bonds. The van der Waals surface area contributed by atoms with Crippen molar-refractivity contribution in [3.63, 3.8) is 0 Å². The van der Waals surface area contributed by atoms with Crippen LogP contribution >= 0.6 is 0 Å². The Morgan fingerprint density at radius 1 is 1.37 bits per heavy atom. The minimum Gasteiger partial charge on any atom is -0.461 e. The Balaban J connectivity index is 1.83. The van der Waals surface area contributed by atoms with Crippen molar-refractivity contribution in [2.75, 3.05) is 0 Å². The molecule has 0 aromatic heterocycles. The van der Waals surface area contributed by atoms with Crippen LogP contribution in [-0.4, -0.2) is 11.8 Å². The highest BCUT2D eigenvalue weighted by Gasteiger charge is 2.38. The van der Waals surface area contributed by atoms with Gasteiger partial charge in [-0.1, -0.05) is 43.7 Å². The Bertz CT molecular complexity index is 439. The minimum absolute atomic E-state index is 0.112. The van der Waals surface area contributed by atoms with Crippen molar-refractivity contribution in [2.24, 2.45) is 11.8 Å². The van der Waals surface area contributed by atoms with Gasteiger partial charge in [0.1, 0.15) is 12.4 Å². The number of rotatable bonds is 7. The monoisotopic (exact) mass is 260 g/mol. The first-order chi connectivity index (χ1) is 9.20. The number of carbonyl (C=O) groups is 2. The summed E-state index contributed by atoms with van der Waals surface area (Å²) in [5, 5.41) is 0. The van der Waals surface area contributed by atoms with Crippen LogP contribution in [0.25, 0.3) is 0 Å². The molecule has 1 saturated carbocycles. The fraction of sp³-hybridized carbons (Fsp3) is 0.500. The van der Waals surface area contributed by atoms with Crippen molar-refractivity contribution in [2.45, 2.75) is 39.2 Å². The minimum atomic E-state index is -0.162. The molecule has 0 bridgehead atoms. The van der Waals surface area contributed by atoms with Gasteiger partial charge in [0.25, 0.3) is 0 Å². The van der Waals surface area contributed by atoms with Gasteiger partial charge < -0.3 is 4.74 Å². The zero-order chi connectivity index (χ0) is 13.7. The molecule has 0 aliphatic heterocycles. The Kier molecular flexibility index (Phi) is 4.72. The van der Waals surface area contributed by atoms with E-state index >= 15 is 0 Å². The van der Waals surface area contributed by atoms with E-state index in [2.05, 4.69) is 0 Å². The summed E-state index contributed by atoms with van der Waals surface area (Å²) in [5.74, 6) is 0.119. The predicted molar refractivity (Wildman–Crippen MR) is 72.4 cm³/mol. The first-order valence-electron chi connectivity index (χ1n) is 6.94. The molecule has 1 aliphatic rings. The van der Waals surface area contributed by atoms with Gasteiger partial charge in [0.15, 0.2) is 0 Å². The standard InChI is InChI=1S/C16H20O3/c1-2-6-13(9-14-10-15(14)17)16(18)19-11-12-7-4-3-5-8-12/h3-5,7-8,13-14H,2,6,9-11H2,1H3. The SMILES string of the molecule is CCCC(CC1CC1=O)C(=O)OCc1ccccc1. The summed E-state index contributed by atoms with van der Waals surface area (Å²) in [5.41, 5.74) is 0.994. The molecule has 3 heteroatoms. The molecule has 0 radical (unpaired) electrons. The lowest BCUT2D eigenvalue weighted by Gasteiger charge is -2.14. The lowest BCUT2D eigenvalue weighted by Crippen LogP contribution is -2.18. The van der Waals surface area contributed by atoms with Crippen LogP contribution in [0.1, 0.15) is 38.2 Å². The molecule has 102 valence electrons. The van der Waals surface area contributed by atoms with Gasteiger partial charge in [-0.3, -0.25) is 9.59 Å². The normalized spacial score (nSPS) is 19.0. The van der Waals surface area contributed by atoms with Gasteiger partial charge in [0.2, 0.25) is 0 Å². The van der Waals surface area contributed by atoms with E-state index in [4.69, 9.17) is 4.74 Å². The van der Waals surface area contributed by atoms with E-state index < -0.39 is 0 Å². The molecule has 0 heterocycles. The summed E-state index contributed by atoms with van der Waals surface area (Å²) < 4.78 is 5.36. The van der Waals surface area contributed by atoms with Crippen molar-refractivity contribution < 1.29 is 14.3 Å². The van der Waals surface area contributed by atoms with Crippen LogP contribution in [0.3, 0.4) is 0 Å². The molecule has 3 nitrogen and oxygen atoms in total. The molecule has 1 aliphatic carbocycles. The molecular weight excluding hydrogens is 240 g/mol. The third kappa shape index (κ3) is 4.19. The summed E-state index contributed by atoms with van der Waals surface area (Å²) >= 11 is 0. The topological polar surface area (TPSA) is 43.4 Å². The average molecular weight is 260 g/mol. The first kappa shape index (κ1) is 13.8. The fourth-order valence-corrected chi connectivity index (χ4v) is 2.27. The maximum atomic E-state index is 12.0. The molecule has 1 aromatic carbocycles. The number of ether oxygens (including phenoxy) is 1. The molecule has 1 aromatic rings. The van der Waals surface area contributed by atoms with Gasteiger partial charge in [-0.2, -0.15) is 0 Å². The third-order valence-corrected chi connectivity index (χ3v) is 3.51. The number of esters is 1. The molecule has 0 N–H and O–H groups in total. The molecule has 1 fully saturated rings. The Morgan fingerprint density at radius 3 is 2.63 bits per heavy atom. The maximum absolute atomic E-state index is 12.0. The van der Waals surface area contributed by atoms with Gasteiger partial charge >= 0.3 is 5.97 Å². The quantitative estimate of drug-likeness (QED) is 0.707. The highest BCUT2D eigenvalue weighted by Crippen LogP contribution is 2.33. The first-order valence-corrected chi connectivity index (χ1v) is 6.94. The number of hydrogen-bond acceptors (Lipinski definition) is 3. The van der Waals surface area contributed by atoms with E-state index in [9.17, 15) is 9.59 Å². The molecule has 2 unspecified atom stereocenters. The van der Waals surface area contributed by atoms with Crippen molar-refractivity contribution in [3.8, 4) is 0 Å². The van der Waals surface area contributed by atoms with Crippen molar-refractivity contribution in [3.05, 3.63) is 35.9 Å². The predicted octanol–water partition coefficient (Wildman–Crippen LogP) is 3.13. The van der Waals surface area contributed by atoms with Crippen molar-refractivity contribution in [1.29, 1.82) is 0 Å². The molecular formula is C16H20O3. The molecule has 0 saturated heterocycles. The lowest BCUT2D eigenvalue weighted by atomic mass is 9.97. The smallest absolute Gasteiger partial charge is 0.309 e. The maximum Gasteiger partial charge on any atom is 0.309 e. The zero-order valence-corrected chi connectivity index (χ0v) is 11.3. The van der Waals surface area contributed by atoms with E-state index in [0.29, 0.717) is 19.4 Å². The summed E-state index contributed by atoms with van der Waals surface area (Å²) in [6.07, 6.45) is 3.05. The second-order valence-corrected chi connectivity index (χ2v) is 5.18. The second kappa shape index (κ2) is 6.50. The van der Waals surface area contributed by atoms with Gasteiger partial charge in [-0.15, -0.1) is 0 Å². The van der Waals surface area contributed by atoms with Gasteiger partial charge in [0.05, 0.1) is 5.92 Å². The largest absolute Gasteiger partial charge is 0.461 e. The fourth-order valence-electron chi connectivity index (χ4n) is 2.27. The van der Waals surface area contributed by atoms with Crippen LogP contribution in [0.4, 0.5) is 0 Å². The van der Waals surface area contributed by atoms with Crippen LogP contribution in [0.5, 0.6) is 0 Å². The van der Waals surface area contributed by atoms with Crippen LogP contribution in [-0.2, 0) is 20.9 Å². The van der Waals surface area contributed by atoms with Gasteiger partial charge in [-0.25, -0.2) is 0 Å². The number of hydrogen-bond donors (Lipinski definition) is 0. The summed E-state index contributed by atoms with van der Waals surface area (Å²) in [6.45, 7) is 2.37. The summed E-state index contributed by atoms with van der Waals surface area (Å²) in [7, 11) is 0. The van der Waals surface area contributed by atoms with Gasteiger partial charge in [0, 0.05) is 12.3 Å². The molecule has 0 spiro atoms. The van der Waals surface area contributed by atoms with Crippen molar-refractivity contribution >= 4 is 11.8 Å². The highest BCUT2D eigenvalue weighted by atomic mass is 16.5. The lowest BCUT2D eigenvalue weighted by molar-refractivity contribution is -0.150. The molecule has 19 heavy (non-hydrogen) atoms. The van der Waals surface area contributed by atoms with Crippen LogP contribution in [0.2, 0.25) is 0 Å². The van der Waals surface area contributed by atoms with Crippen molar-refractivity contribution in [1.82, 2.24) is 0 Å². The molecule has 2 atom stereocenters. The highest BCUT2D eigenvalue weighted by molar-refractivity contribution is 5.96. The number of Topliss-reactive ketones (excluding diaryl/α,β-unsaturated/α-hetero) is 1. The van der Waals surface area contributed by atoms with E-state index in [1.54, 1.807) is 0 Å². The average Bonchev–Trinajstić information content (AvgIpc) is 3.12. The van der Waals surface area contributed by atoms with E-state index in [0.717, 1.165) is 18.4 Å². The summed E-state index contributed by atoms with van der Waals surface area (Å²) in [4.78, 5) is 23.1. The second-order valence-electron chi connectivity index (χ2n) is 5.18.